The first kappa shape index (κ1) is 14.4. The molecule has 2 rings (SSSR count). The van der Waals surface area contributed by atoms with Crippen LogP contribution < -0.4 is 10.6 Å². The van der Waals surface area contributed by atoms with Gasteiger partial charge in [-0.2, -0.15) is 0 Å². The zero-order valence-corrected chi connectivity index (χ0v) is 12.5. The first-order chi connectivity index (χ1) is 9.51. The Bertz CT molecular complexity index is 646. The van der Waals surface area contributed by atoms with Gasteiger partial charge in [0.15, 0.2) is 5.69 Å². The summed E-state index contributed by atoms with van der Waals surface area (Å²) in [6.45, 7) is 1.71. The van der Waals surface area contributed by atoms with E-state index in [1.54, 1.807) is 26.1 Å². The number of aromatic nitrogens is 2. The highest BCUT2D eigenvalue weighted by Crippen LogP contribution is 2.24. The molecule has 0 saturated heterocycles. The number of carbonyl (C=O) groups is 1. The molecular weight excluding hydrogens is 327 g/mol. The molecule has 0 atom stereocenters. The second-order valence-corrected chi connectivity index (χ2v) is 4.94. The van der Waals surface area contributed by atoms with Crippen molar-refractivity contribution in [2.75, 3.05) is 17.7 Å². The second kappa shape index (κ2) is 5.96. The van der Waals surface area contributed by atoms with E-state index >= 15 is 0 Å². The number of carbonyl (C=O) groups excluding carboxylic acids is 1. The number of hydrogen-bond acceptors (Lipinski definition) is 4. The highest BCUT2D eigenvalue weighted by molar-refractivity contribution is 9.10. The third kappa shape index (κ3) is 3.11. The van der Waals surface area contributed by atoms with Gasteiger partial charge in [-0.05, 0) is 52.7 Å². The van der Waals surface area contributed by atoms with Crippen molar-refractivity contribution in [3.8, 4) is 0 Å². The van der Waals surface area contributed by atoms with Gasteiger partial charge in [0.05, 0.1) is 4.47 Å². The Morgan fingerprint density at radius 3 is 2.65 bits per heavy atom. The van der Waals surface area contributed by atoms with E-state index in [2.05, 4.69) is 36.8 Å². The predicted octanol–water partition coefficient (Wildman–Crippen LogP) is 2.98. The molecule has 0 saturated carbocycles. The molecule has 2 N–H and O–H groups in total. The number of nitrogens with one attached hydrogen (secondary N) is 2. The molecule has 104 valence electrons. The Labute approximate surface area is 123 Å². The Balaban J connectivity index is 2.20. The van der Waals surface area contributed by atoms with E-state index in [9.17, 15) is 9.18 Å². The monoisotopic (exact) mass is 338 g/mol. The lowest BCUT2D eigenvalue weighted by molar-refractivity contribution is 0.102. The molecule has 0 bridgehead atoms. The van der Waals surface area contributed by atoms with Crippen molar-refractivity contribution < 1.29 is 9.18 Å². The zero-order valence-electron chi connectivity index (χ0n) is 10.9. The first-order valence-electron chi connectivity index (χ1n) is 5.79. The van der Waals surface area contributed by atoms with E-state index in [1.165, 1.54) is 12.1 Å². The van der Waals surface area contributed by atoms with Gasteiger partial charge in [-0.3, -0.25) is 4.79 Å². The smallest absolute Gasteiger partial charge is 0.276 e. The van der Waals surface area contributed by atoms with Crippen LogP contribution >= 0.6 is 15.9 Å². The van der Waals surface area contributed by atoms with Crippen LogP contribution in [0, 0.1) is 12.7 Å². The fourth-order valence-electron chi connectivity index (χ4n) is 1.55. The van der Waals surface area contributed by atoms with Gasteiger partial charge in [0.2, 0.25) is 0 Å². The van der Waals surface area contributed by atoms with Crippen molar-refractivity contribution in [1.29, 1.82) is 0 Å². The summed E-state index contributed by atoms with van der Waals surface area (Å²) in [5, 5.41) is 13.1. The SMILES string of the molecule is CNc1ccc(C(=O)Nc2cc(Br)c(F)cc2C)nn1. The van der Waals surface area contributed by atoms with Crippen molar-refractivity contribution in [2.45, 2.75) is 6.92 Å². The average Bonchev–Trinajstić information content (AvgIpc) is 2.44. The molecule has 1 aromatic carbocycles. The Hall–Kier alpha value is -2.02. The number of anilines is 2. The van der Waals surface area contributed by atoms with Crippen molar-refractivity contribution in [2.24, 2.45) is 0 Å². The van der Waals surface area contributed by atoms with Crippen LogP contribution in [-0.4, -0.2) is 23.2 Å². The molecule has 1 aromatic heterocycles. The molecule has 0 aliphatic carbocycles. The van der Waals surface area contributed by atoms with Gasteiger partial charge >= 0.3 is 0 Å². The molecule has 0 aliphatic rings. The quantitative estimate of drug-likeness (QED) is 0.902. The molecule has 7 heteroatoms. The van der Waals surface area contributed by atoms with Crippen LogP contribution in [-0.2, 0) is 0 Å². The Morgan fingerprint density at radius 2 is 2.05 bits per heavy atom. The fraction of sp³-hybridized carbons (Fsp3) is 0.154. The Morgan fingerprint density at radius 1 is 1.30 bits per heavy atom. The molecule has 0 aliphatic heterocycles. The molecule has 20 heavy (non-hydrogen) atoms. The van der Waals surface area contributed by atoms with E-state index in [-0.39, 0.29) is 16.0 Å². The van der Waals surface area contributed by atoms with Gasteiger partial charge in [-0.15, -0.1) is 10.2 Å². The third-order valence-electron chi connectivity index (χ3n) is 2.67. The number of halogens is 2. The van der Waals surface area contributed by atoms with E-state index < -0.39 is 5.91 Å². The minimum Gasteiger partial charge on any atom is -0.372 e. The summed E-state index contributed by atoms with van der Waals surface area (Å²) in [6, 6.07) is 6.06. The van der Waals surface area contributed by atoms with E-state index in [0.717, 1.165) is 0 Å². The third-order valence-corrected chi connectivity index (χ3v) is 3.28. The highest BCUT2D eigenvalue weighted by Gasteiger charge is 2.12. The lowest BCUT2D eigenvalue weighted by Crippen LogP contribution is -2.15. The normalized spacial score (nSPS) is 10.2. The van der Waals surface area contributed by atoms with Crippen LogP contribution in [0.3, 0.4) is 0 Å². The second-order valence-electron chi connectivity index (χ2n) is 4.09. The molecule has 5 nitrogen and oxygen atoms in total. The van der Waals surface area contributed by atoms with Crippen molar-refractivity contribution in [3.05, 3.63) is 45.8 Å². The maximum atomic E-state index is 13.3. The lowest BCUT2D eigenvalue weighted by atomic mass is 10.2. The minimum absolute atomic E-state index is 0.184. The zero-order chi connectivity index (χ0) is 14.7. The van der Waals surface area contributed by atoms with Crippen LogP contribution in [0.1, 0.15) is 16.1 Å². The number of rotatable bonds is 3. The molecular formula is C13H12BrFN4O. The van der Waals surface area contributed by atoms with Crippen molar-refractivity contribution >= 4 is 33.3 Å². The summed E-state index contributed by atoms with van der Waals surface area (Å²) in [5.41, 5.74) is 1.32. The van der Waals surface area contributed by atoms with Crippen LogP contribution in [0.25, 0.3) is 0 Å². The van der Waals surface area contributed by atoms with Gasteiger partial charge in [0.25, 0.3) is 5.91 Å². The van der Waals surface area contributed by atoms with Crippen molar-refractivity contribution in [3.63, 3.8) is 0 Å². The topological polar surface area (TPSA) is 66.9 Å². The molecule has 0 radical (unpaired) electrons. The van der Waals surface area contributed by atoms with Crippen LogP contribution in [0.15, 0.2) is 28.7 Å². The summed E-state index contributed by atoms with van der Waals surface area (Å²) < 4.78 is 13.6. The first-order valence-corrected chi connectivity index (χ1v) is 6.59. The summed E-state index contributed by atoms with van der Waals surface area (Å²) >= 11 is 3.08. The maximum Gasteiger partial charge on any atom is 0.276 e. The van der Waals surface area contributed by atoms with Crippen molar-refractivity contribution in [1.82, 2.24) is 10.2 Å². The molecule has 0 spiro atoms. The van der Waals surface area contributed by atoms with Gasteiger partial charge in [0.1, 0.15) is 11.6 Å². The van der Waals surface area contributed by atoms with E-state index in [4.69, 9.17) is 0 Å². The van der Waals surface area contributed by atoms with Gasteiger partial charge < -0.3 is 10.6 Å². The number of hydrogen-bond donors (Lipinski definition) is 2. The number of nitrogens with zero attached hydrogens (tertiary/aromatic N) is 2. The summed E-state index contributed by atoms with van der Waals surface area (Å²) in [5.74, 6) is -0.206. The molecule has 1 heterocycles. The molecule has 1 amide bonds. The molecule has 0 unspecified atom stereocenters. The lowest BCUT2D eigenvalue weighted by Gasteiger charge is -2.09. The average molecular weight is 339 g/mol. The summed E-state index contributed by atoms with van der Waals surface area (Å²) in [7, 11) is 1.71. The summed E-state index contributed by atoms with van der Waals surface area (Å²) in [4.78, 5) is 12.0. The fourth-order valence-corrected chi connectivity index (χ4v) is 1.90. The number of amides is 1. The maximum absolute atomic E-state index is 13.3. The van der Waals surface area contributed by atoms with E-state index in [1.807, 2.05) is 0 Å². The van der Waals surface area contributed by atoms with Crippen LogP contribution in [0.4, 0.5) is 15.9 Å². The summed E-state index contributed by atoms with van der Waals surface area (Å²) in [6.07, 6.45) is 0. The van der Waals surface area contributed by atoms with Gasteiger partial charge in [-0.1, -0.05) is 0 Å². The predicted molar refractivity (Wildman–Crippen MR) is 78.4 cm³/mol. The number of aryl methyl sites for hydroxylation is 1. The number of benzene rings is 1. The highest BCUT2D eigenvalue weighted by atomic mass is 79.9. The van der Waals surface area contributed by atoms with Crippen LogP contribution in [0.2, 0.25) is 0 Å². The van der Waals surface area contributed by atoms with E-state index in [0.29, 0.717) is 17.1 Å². The minimum atomic E-state index is -0.401. The Kier molecular flexibility index (Phi) is 4.29. The van der Waals surface area contributed by atoms with Gasteiger partial charge in [-0.25, -0.2) is 4.39 Å². The molecule has 2 aromatic rings. The van der Waals surface area contributed by atoms with Crippen LogP contribution in [0.5, 0.6) is 0 Å². The molecule has 0 fully saturated rings. The van der Waals surface area contributed by atoms with Gasteiger partial charge in [0, 0.05) is 12.7 Å². The largest absolute Gasteiger partial charge is 0.372 e. The standard InChI is InChI=1S/C13H12BrFN4O/c1-7-5-9(15)8(14)6-11(7)17-13(20)10-3-4-12(16-2)19-18-10/h3-6H,1-2H3,(H,16,19)(H,17,20).